The Bertz CT molecular complexity index is 531. The highest BCUT2D eigenvalue weighted by atomic mass is 16.5. The van der Waals surface area contributed by atoms with Crippen LogP contribution in [0.25, 0.3) is 0 Å². The van der Waals surface area contributed by atoms with E-state index in [2.05, 4.69) is 0 Å². The van der Waals surface area contributed by atoms with Gasteiger partial charge in [0.25, 0.3) is 0 Å². The van der Waals surface area contributed by atoms with Crippen LogP contribution in [0, 0.1) is 12.3 Å². The quantitative estimate of drug-likeness (QED) is 0.811. The minimum Gasteiger partial charge on any atom is -0.493 e. The van der Waals surface area contributed by atoms with Crippen LogP contribution in [0.3, 0.4) is 0 Å². The van der Waals surface area contributed by atoms with Gasteiger partial charge in [0.05, 0.1) is 19.6 Å². The first-order chi connectivity index (χ1) is 9.22. The molecule has 1 aromatic rings. The van der Waals surface area contributed by atoms with E-state index in [1.54, 1.807) is 19.1 Å². The molecule has 0 radical (unpaired) electrons. The van der Waals surface area contributed by atoms with Crippen LogP contribution in [-0.4, -0.2) is 31.1 Å². The minimum absolute atomic E-state index is 0.0708. The van der Waals surface area contributed by atoms with Crippen LogP contribution in [0.15, 0.2) is 12.1 Å². The predicted octanol–water partition coefficient (Wildman–Crippen LogP) is 2.70. The van der Waals surface area contributed by atoms with Gasteiger partial charge in [-0.05, 0) is 38.5 Å². The van der Waals surface area contributed by atoms with E-state index in [4.69, 9.17) is 14.6 Å². The van der Waals surface area contributed by atoms with Crippen LogP contribution in [0.2, 0.25) is 0 Å². The Morgan fingerprint density at radius 1 is 1.15 bits per heavy atom. The van der Waals surface area contributed by atoms with Gasteiger partial charge < -0.3 is 14.6 Å². The molecule has 5 heteroatoms. The van der Waals surface area contributed by atoms with E-state index >= 15 is 0 Å². The molecule has 0 unspecified atom stereocenters. The molecule has 0 saturated carbocycles. The largest absolute Gasteiger partial charge is 0.493 e. The molecule has 0 aromatic heterocycles. The lowest BCUT2D eigenvalue weighted by molar-refractivity contribution is -0.146. The summed E-state index contributed by atoms with van der Waals surface area (Å²) < 4.78 is 10.3. The molecule has 0 saturated heterocycles. The Hall–Kier alpha value is -2.04. The maximum absolute atomic E-state index is 12.3. The zero-order valence-corrected chi connectivity index (χ0v) is 12.4. The second kappa shape index (κ2) is 5.94. The van der Waals surface area contributed by atoms with Crippen molar-refractivity contribution in [2.24, 2.45) is 5.41 Å². The zero-order valence-electron chi connectivity index (χ0n) is 12.4. The fraction of sp³-hybridized carbons (Fsp3) is 0.467. The molecule has 0 aliphatic rings. The first-order valence-electron chi connectivity index (χ1n) is 6.22. The number of aliphatic carboxylic acids is 1. The molecule has 110 valence electrons. The van der Waals surface area contributed by atoms with Gasteiger partial charge in [0.2, 0.25) is 0 Å². The Morgan fingerprint density at radius 3 is 2.10 bits per heavy atom. The molecular weight excluding hydrogens is 260 g/mol. The zero-order chi connectivity index (χ0) is 15.5. The number of hydrogen-bond acceptors (Lipinski definition) is 4. The van der Waals surface area contributed by atoms with Crippen molar-refractivity contribution in [3.05, 3.63) is 23.3 Å². The number of rotatable bonds is 6. The lowest BCUT2D eigenvalue weighted by Gasteiger charge is -2.19. The minimum atomic E-state index is -1.10. The number of carbonyl (C=O) groups is 2. The van der Waals surface area contributed by atoms with Gasteiger partial charge in [-0.3, -0.25) is 9.59 Å². The summed E-state index contributed by atoms with van der Waals surface area (Å²) >= 11 is 0. The Morgan fingerprint density at radius 2 is 1.65 bits per heavy atom. The summed E-state index contributed by atoms with van der Waals surface area (Å²) in [7, 11) is 3.01. The van der Waals surface area contributed by atoms with Gasteiger partial charge in [-0.2, -0.15) is 0 Å². The molecule has 1 N–H and O–H groups in total. The van der Waals surface area contributed by atoms with Crippen molar-refractivity contribution >= 4 is 11.8 Å². The van der Waals surface area contributed by atoms with Gasteiger partial charge in [0.1, 0.15) is 0 Å². The fourth-order valence-electron chi connectivity index (χ4n) is 1.85. The molecular formula is C15H20O5. The number of Topliss-reactive ketones (excluding diaryl/α,β-unsaturated/α-hetero) is 1. The maximum atomic E-state index is 12.3. The first-order valence-corrected chi connectivity index (χ1v) is 6.22. The second-order valence-electron chi connectivity index (χ2n) is 5.31. The smallest absolute Gasteiger partial charge is 0.309 e. The predicted molar refractivity (Wildman–Crippen MR) is 74.6 cm³/mol. The second-order valence-corrected chi connectivity index (χ2v) is 5.31. The highest BCUT2D eigenvalue weighted by Crippen LogP contribution is 2.32. The van der Waals surface area contributed by atoms with Crippen LogP contribution in [0.4, 0.5) is 0 Å². The van der Waals surface area contributed by atoms with E-state index in [9.17, 15) is 9.59 Å². The summed E-state index contributed by atoms with van der Waals surface area (Å²) in [5, 5.41) is 9.09. The number of methoxy groups -OCH3 is 2. The number of carboxylic acid groups (broad SMARTS) is 1. The topological polar surface area (TPSA) is 72.8 Å². The Balaban J connectivity index is 3.14. The molecule has 0 spiro atoms. The lowest BCUT2D eigenvalue weighted by Crippen LogP contribution is -2.27. The number of carbonyl (C=O) groups excluding carboxylic acids is 1. The van der Waals surface area contributed by atoms with Gasteiger partial charge in [-0.1, -0.05) is 0 Å². The van der Waals surface area contributed by atoms with Crippen LogP contribution >= 0.6 is 0 Å². The summed E-state index contributed by atoms with van der Waals surface area (Å²) in [5.74, 6) is -0.228. The summed E-state index contributed by atoms with van der Waals surface area (Å²) in [6.07, 6.45) is -0.0708. The van der Waals surface area contributed by atoms with Gasteiger partial charge in [-0.15, -0.1) is 0 Å². The van der Waals surface area contributed by atoms with Crippen molar-refractivity contribution in [1.82, 2.24) is 0 Å². The molecule has 0 heterocycles. The summed E-state index contributed by atoms with van der Waals surface area (Å²) in [4.78, 5) is 23.4. The molecule has 0 bridgehead atoms. The summed E-state index contributed by atoms with van der Waals surface area (Å²) in [6.45, 7) is 4.84. The van der Waals surface area contributed by atoms with Crippen molar-refractivity contribution < 1.29 is 24.2 Å². The average Bonchev–Trinajstić information content (AvgIpc) is 2.37. The SMILES string of the molecule is COc1cc(C)c(C(=O)CC(C)(C)C(=O)O)cc1OC. The normalized spacial score (nSPS) is 11.1. The third-order valence-corrected chi connectivity index (χ3v) is 3.21. The first kappa shape index (κ1) is 16.0. The third kappa shape index (κ3) is 3.29. The number of ketones is 1. The van der Waals surface area contributed by atoms with Crippen molar-refractivity contribution in [2.45, 2.75) is 27.2 Å². The van der Waals surface area contributed by atoms with Crippen LogP contribution in [0.5, 0.6) is 11.5 Å². The molecule has 1 rings (SSSR count). The molecule has 0 aliphatic carbocycles. The van der Waals surface area contributed by atoms with Crippen LogP contribution < -0.4 is 9.47 Å². The van der Waals surface area contributed by atoms with Crippen molar-refractivity contribution in [3.8, 4) is 11.5 Å². The molecule has 0 aliphatic heterocycles. The highest BCUT2D eigenvalue weighted by Gasteiger charge is 2.31. The van der Waals surface area contributed by atoms with Gasteiger partial charge in [0, 0.05) is 12.0 Å². The summed E-state index contributed by atoms with van der Waals surface area (Å²) in [6, 6.07) is 3.30. The van der Waals surface area contributed by atoms with E-state index in [1.165, 1.54) is 28.1 Å². The number of hydrogen-bond donors (Lipinski definition) is 1. The Kier molecular flexibility index (Phi) is 4.76. The maximum Gasteiger partial charge on any atom is 0.309 e. The third-order valence-electron chi connectivity index (χ3n) is 3.21. The van der Waals surface area contributed by atoms with E-state index in [1.807, 2.05) is 0 Å². The number of carboxylic acids is 1. The van der Waals surface area contributed by atoms with E-state index < -0.39 is 11.4 Å². The summed E-state index contributed by atoms with van der Waals surface area (Å²) in [5.41, 5.74) is 0.0854. The van der Waals surface area contributed by atoms with Crippen molar-refractivity contribution in [2.75, 3.05) is 14.2 Å². The highest BCUT2D eigenvalue weighted by molar-refractivity contribution is 6.00. The molecule has 0 atom stereocenters. The van der Waals surface area contributed by atoms with Gasteiger partial charge in [0.15, 0.2) is 17.3 Å². The van der Waals surface area contributed by atoms with Crippen molar-refractivity contribution in [1.29, 1.82) is 0 Å². The van der Waals surface area contributed by atoms with E-state index in [0.717, 1.165) is 5.56 Å². The standard InChI is InChI=1S/C15H20O5/c1-9-6-12(19-4)13(20-5)7-10(9)11(16)8-15(2,3)14(17)18/h6-7H,8H2,1-5H3,(H,17,18). The van der Waals surface area contributed by atoms with Gasteiger partial charge >= 0.3 is 5.97 Å². The van der Waals surface area contributed by atoms with Gasteiger partial charge in [-0.25, -0.2) is 0 Å². The molecule has 0 fully saturated rings. The average molecular weight is 280 g/mol. The monoisotopic (exact) mass is 280 g/mol. The molecule has 20 heavy (non-hydrogen) atoms. The number of benzene rings is 1. The van der Waals surface area contributed by atoms with Crippen LogP contribution in [-0.2, 0) is 4.79 Å². The molecule has 1 aromatic carbocycles. The number of aryl methyl sites for hydroxylation is 1. The van der Waals surface area contributed by atoms with Crippen molar-refractivity contribution in [3.63, 3.8) is 0 Å². The lowest BCUT2D eigenvalue weighted by atomic mass is 9.85. The van der Waals surface area contributed by atoms with E-state index in [-0.39, 0.29) is 12.2 Å². The van der Waals surface area contributed by atoms with E-state index in [0.29, 0.717) is 17.1 Å². The number of ether oxygens (including phenoxy) is 2. The van der Waals surface area contributed by atoms with Crippen LogP contribution in [0.1, 0.15) is 36.2 Å². The fourth-order valence-corrected chi connectivity index (χ4v) is 1.85. The Labute approximate surface area is 118 Å². The molecule has 0 amide bonds. The molecule has 5 nitrogen and oxygen atoms in total.